The Bertz CT molecular complexity index is 946. The van der Waals surface area contributed by atoms with Gasteiger partial charge in [0, 0.05) is 30.9 Å². The fourth-order valence-electron chi connectivity index (χ4n) is 3.06. The summed E-state index contributed by atoms with van der Waals surface area (Å²) in [5.41, 5.74) is 0.196. The van der Waals surface area contributed by atoms with Gasteiger partial charge in [0.1, 0.15) is 0 Å². The van der Waals surface area contributed by atoms with Gasteiger partial charge in [0.15, 0.2) is 0 Å². The molecule has 1 fully saturated rings. The lowest BCUT2D eigenvalue weighted by Gasteiger charge is -2.31. The molecule has 1 amide bonds. The lowest BCUT2D eigenvalue weighted by atomic mass is 9.98. The van der Waals surface area contributed by atoms with E-state index in [1.54, 1.807) is 24.3 Å². The van der Waals surface area contributed by atoms with Crippen molar-refractivity contribution in [3.05, 3.63) is 64.7 Å². The number of hydrogen-bond acceptors (Lipinski definition) is 5. The molecule has 0 bridgehead atoms. The van der Waals surface area contributed by atoms with Crippen LogP contribution < -0.4 is 5.32 Å². The molecule has 0 aliphatic carbocycles. The van der Waals surface area contributed by atoms with Crippen LogP contribution in [0.5, 0.6) is 0 Å². The number of piperidine rings is 1. The van der Waals surface area contributed by atoms with Crippen LogP contribution in [0.25, 0.3) is 0 Å². The summed E-state index contributed by atoms with van der Waals surface area (Å²) in [5, 5.41) is 13.5. The Hall–Kier alpha value is -2.78. The standard InChI is InChI=1S/C18H19N3O5S/c22-18(19-15-7-4-8-16(12-15)21(23)24)14-6-5-11-20(13-14)27(25,26)17-9-2-1-3-10-17/h1-4,7-10,12,14H,5-6,11,13H2,(H,19,22). The van der Waals surface area contributed by atoms with Crippen molar-refractivity contribution in [3.63, 3.8) is 0 Å². The van der Waals surface area contributed by atoms with Crippen molar-refractivity contribution in [1.82, 2.24) is 4.31 Å². The molecule has 0 spiro atoms. The second kappa shape index (κ2) is 7.85. The fourth-order valence-corrected chi connectivity index (χ4v) is 4.60. The number of benzene rings is 2. The number of hydrogen-bond donors (Lipinski definition) is 1. The van der Waals surface area contributed by atoms with E-state index in [0.717, 1.165) is 0 Å². The zero-order valence-electron chi connectivity index (χ0n) is 14.4. The van der Waals surface area contributed by atoms with Crippen LogP contribution in [0.1, 0.15) is 12.8 Å². The minimum atomic E-state index is -3.66. The highest BCUT2D eigenvalue weighted by Crippen LogP contribution is 2.25. The SMILES string of the molecule is O=C(Nc1cccc([N+](=O)[O-])c1)C1CCCN(S(=O)(=O)c2ccccc2)C1. The number of nitrogens with zero attached hydrogens (tertiary/aromatic N) is 2. The van der Waals surface area contributed by atoms with Gasteiger partial charge in [0.2, 0.25) is 15.9 Å². The molecular weight excluding hydrogens is 370 g/mol. The van der Waals surface area contributed by atoms with Gasteiger partial charge in [-0.25, -0.2) is 8.42 Å². The lowest BCUT2D eigenvalue weighted by Crippen LogP contribution is -2.43. The first-order valence-corrected chi connectivity index (χ1v) is 9.92. The van der Waals surface area contributed by atoms with Gasteiger partial charge in [-0.15, -0.1) is 0 Å². The van der Waals surface area contributed by atoms with Crippen molar-refractivity contribution < 1.29 is 18.1 Å². The van der Waals surface area contributed by atoms with Crippen molar-refractivity contribution in [2.75, 3.05) is 18.4 Å². The average molecular weight is 389 g/mol. The third kappa shape index (κ3) is 4.32. The maximum Gasteiger partial charge on any atom is 0.271 e. The van der Waals surface area contributed by atoms with E-state index < -0.39 is 20.9 Å². The van der Waals surface area contributed by atoms with E-state index in [0.29, 0.717) is 25.1 Å². The van der Waals surface area contributed by atoms with E-state index in [4.69, 9.17) is 0 Å². The number of anilines is 1. The van der Waals surface area contributed by atoms with Crippen LogP contribution in [0, 0.1) is 16.0 Å². The minimum absolute atomic E-state index is 0.0813. The molecule has 2 aromatic carbocycles. The number of rotatable bonds is 5. The molecule has 1 aliphatic heterocycles. The Morgan fingerprint density at radius 3 is 2.59 bits per heavy atom. The zero-order chi connectivity index (χ0) is 19.4. The van der Waals surface area contributed by atoms with Crippen LogP contribution in [-0.4, -0.2) is 36.6 Å². The number of nitro benzene ring substituents is 1. The van der Waals surface area contributed by atoms with Crippen molar-refractivity contribution >= 4 is 27.3 Å². The van der Waals surface area contributed by atoms with E-state index in [1.807, 2.05) is 0 Å². The molecule has 142 valence electrons. The molecule has 8 nitrogen and oxygen atoms in total. The molecule has 1 unspecified atom stereocenters. The monoisotopic (exact) mass is 389 g/mol. The van der Waals surface area contributed by atoms with Gasteiger partial charge in [-0.05, 0) is 31.0 Å². The maximum absolute atomic E-state index is 12.8. The van der Waals surface area contributed by atoms with E-state index in [9.17, 15) is 23.3 Å². The van der Waals surface area contributed by atoms with E-state index in [2.05, 4.69) is 5.32 Å². The van der Waals surface area contributed by atoms with Crippen LogP contribution in [0.15, 0.2) is 59.5 Å². The molecule has 9 heteroatoms. The number of nitrogens with one attached hydrogen (secondary N) is 1. The van der Waals surface area contributed by atoms with Crippen LogP contribution in [0.3, 0.4) is 0 Å². The normalized spacial score (nSPS) is 18.0. The minimum Gasteiger partial charge on any atom is -0.326 e. The molecule has 0 aromatic heterocycles. The number of non-ortho nitro benzene ring substituents is 1. The number of carbonyl (C=O) groups is 1. The van der Waals surface area contributed by atoms with Gasteiger partial charge < -0.3 is 5.32 Å². The van der Waals surface area contributed by atoms with E-state index in [1.165, 1.54) is 34.6 Å². The smallest absolute Gasteiger partial charge is 0.271 e. The summed E-state index contributed by atoms with van der Waals surface area (Å²) in [6, 6.07) is 13.8. The molecular formula is C18H19N3O5S. The summed E-state index contributed by atoms with van der Waals surface area (Å²) in [6.45, 7) is 0.440. The van der Waals surface area contributed by atoms with Gasteiger partial charge in [0.25, 0.3) is 5.69 Å². The molecule has 1 N–H and O–H groups in total. The summed E-state index contributed by atoms with van der Waals surface area (Å²) in [6.07, 6.45) is 1.13. The van der Waals surface area contributed by atoms with Gasteiger partial charge in [-0.2, -0.15) is 4.31 Å². The first kappa shape index (κ1) is 19.0. The Morgan fingerprint density at radius 1 is 1.15 bits per heavy atom. The van der Waals surface area contributed by atoms with Crippen molar-refractivity contribution in [2.45, 2.75) is 17.7 Å². The molecule has 2 aromatic rings. The third-order valence-electron chi connectivity index (χ3n) is 4.46. The van der Waals surface area contributed by atoms with Crippen molar-refractivity contribution in [3.8, 4) is 0 Å². The Morgan fingerprint density at radius 2 is 1.89 bits per heavy atom. The Labute approximate surface area is 157 Å². The summed E-state index contributed by atoms with van der Waals surface area (Å²) >= 11 is 0. The van der Waals surface area contributed by atoms with Crippen molar-refractivity contribution in [1.29, 1.82) is 0 Å². The zero-order valence-corrected chi connectivity index (χ0v) is 15.3. The molecule has 1 heterocycles. The van der Waals surface area contributed by atoms with Crippen LogP contribution in [-0.2, 0) is 14.8 Å². The summed E-state index contributed by atoms with van der Waals surface area (Å²) in [4.78, 5) is 23.1. The van der Waals surface area contributed by atoms with E-state index >= 15 is 0 Å². The molecule has 1 atom stereocenters. The largest absolute Gasteiger partial charge is 0.326 e. The first-order chi connectivity index (χ1) is 12.9. The number of sulfonamides is 1. The average Bonchev–Trinajstić information content (AvgIpc) is 2.69. The second-order valence-corrected chi connectivity index (χ2v) is 8.25. The molecule has 0 radical (unpaired) electrons. The molecule has 1 saturated heterocycles. The summed E-state index contributed by atoms with van der Waals surface area (Å²) in [7, 11) is -3.66. The van der Waals surface area contributed by atoms with Gasteiger partial charge in [-0.3, -0.25) is 14.9 Å². The Balaban J connectivity index is 1.72. The predicted octanol–water partition coefficient (Wildman–Crippen LogP) is 2.63. The summed E-state index contributed by atoms with van der Waals surface area (Å²) < 4.78 is 26.8. The van der Waals surface area contributed by atoms with Crippen molar-refractivity contribution in [2.24, 2.45) is 5.92 Å². The molecule has 0 saturated carbocycles. The highest BCUT2D eigenvalue weighted by atomic mass is 32.2. The topological polar surface area (TPSA) is 110 Å². The number of amides is 1. The van der Waals surface area contributed by atoms with Gasteiger partial charge in [0.05, 0.1) is 15.7 Å². The van der Waals surface area contributed by atoms with Crippen LogP contribution in [0.4, 0.5) is 11.4 Å². The van der Waals surface area contributed by atoms with Gasteiger partial charge in [-0.1, -0.05) is 24.3 Å². The second-order valence-electron chi connectivity index (χ2n) is 6.31. The van der Waals surface area contributed by atoms with Crippen LogP contribution >= 0.6 is 0 Å². The Kier molecular flexibility index (Phi) is 5.52. The number of nitro groups is 1. The summed E-state index contributed by atoms with van der Waals surface area (Å²) in [5.74, 6) is -0.861. The maximum atomic E-state index is 12.8. The lowest BCUT2D eigenvalue weighted by molar-refractivity contribution is -0.384. The first-order valence-electron chi connectivity index (χ1n) is 8.48. The highest BCUT2D eigenvalue weighted by molar-refractivity contribution is 7.89. The predicted molar refractivity (Wildman–Crippen MR) is 99.7 cm³/mol. The highest BCUT2D eigenvalue weighted by Gasteiger charge is 2.33. The quantitative estimate of drug-likeness (QED) is 0.624. The molecule has 3 rings (SSSR count). The third-order valence-corrected chi connectivity index (χ3v) is 6.34. The van der Waals surface area contributed by atoms with Crippen LogP contribution in [0.2, 0.25) is 0 Å². The number of carbonyl (C=O) groups excluding carboxylic acids is 1. The molecule has 1 aliphatic rings. The van der Waals surface area contributed by atoms with Gasteiger partial charge >= 0.3 is 0 Å². The fraction of sp³-hybridized carbons (Fsp3) is 0.278. The van der Waals surface area contributed by atoms with E-state index in [-0.39, 0.29) is 23.0 Å². The molecule has 27 heavy (non-hydrogen) atoms.